The monoisotopic (exact) mass is 493 g/mol. The summed E-state index contributed by atoms with van der Waals surface area (Å²) in [4.78, 5) is 14.8. The van der Waals surface area contributed by atoms with Crippen molar-refractivity contribution in [2.45, 2.75) is 39.5 Å². The summed E-state index contributed by atoms with van der Waals surface area (Å²) < 4.78 is 18.7. The third-order valence-electron chi connectivity index (χ3n) is 4.93. The highest BCUT2D eigenvalue weighted by molar-refractivity contribution is 8.00. The molecular formula is C26H28FN5S2. The predicted molar refractivity (Wildman–Crippen MR) is 143 cm³/mol. The van der Waals surface area contributed by atoms with Gasteiger partial charge in [0.1, 0.15) is 0 Å². The van der Waals surface area contributed by atoms with Crippen molar-refractivity contribution in [3.63, 3.8) is 0 Å². The van der Waals surface area contributed by atoms with Crippen LogP contribution in [0.25, 0.3) is 21.8 Å². The van der Waals surface area contributed by atoms with E-state index in [1.54, 1.807) is 29.7 Å². The van der Waals surface area contributed by atoms with Crippen LogP contribution >= 0.6 is 23.3 Å². The Kier molecular flexibility index (Phi) is 7.48. The van der Waals surface area contributed by atoms with Gasteiger partial charge in [-0.15, -0.1) is 11.3 Å². The molecule has 0 aliphatic rings. The first kappa shape index (κ1) is 24.2. The molecule has 8 heteroatoms. The van der Waals surface area contributed by atoms with E-state index in [0.29, 0.717) is 28.6 Å². The van der Waals surface area contributed by atoms with E-state index >= 15 is 4.39 Å². The van der Waals surface area contributed by atoms with E-state index in [9.17, 15) is 0 Å². The van der Waals surface area contributed by atoms with Gasteiger partial charge < -0.3 is 10.0 Å². The molecule has 4 rings (SSSR count). The van der Waals surface area contributed by atoms with E-state index in [2.05, 4.69) is 42.7 Å². The molecule has 2 heterocycles. The number of hydrogen-bond acceptors (Lipinski definition) is 7. The van der Waals surface area contributed by atoms with Crippen LogP contribution in [-0.4, -0.2) is 20.7 Å². The van der Waals surface area contributed by atoms with Crippen molar-refractivity contribution in [3.05, 3.63) is 71.6 Å². The average molecular weight is 494 g/mol. The number of para-hydroxylation sites is 1. The lowest BCUT2D eigenvalue weighted by Crippen LogP contribution is -2.10. The van der Waals surface area contributed by atoms with Gasteiger partial charge in [0.05, 0.1) is 27.0 Å². The molecule has 0 atom stereocenters. The fourth-order valence-electron chi connectivity index (χ4n) is 3.22. The summed E-state index contributed by atoms with van der Waals surface area (Å²) in [6, 6.07) is 17.0. The number of nitrogens with one attached hydrogen (secondary N) is 2. The van der Waals surface area contributed by atoms with Crippen LogP contribution in [0.5, 0.6) is 0 Å². The van der Waals surface area contributed by atoms with E-state index in [1.165, 1.54) is 11.9 Å². The lowest BCUT2D eigenvalue weighted by Gasteiger charge is -2.13. The molecular weight excluding hydrogens is 465 g/mol. The molecule has 4 aromatic rings. The zero-order chi connectivity index (χ0) is 24.1. The SMILES string of the molecule is CCCSNc1cccc(-c2nc(C(C)(C)C)sc2-c2ccnc(Nc3ccccc3)n2)c1F. The Morgan fingerprint density at radius 2 is 1.79 bits per heavy atom. The molecule has 2 N–H and O–H groups in total. The van der Waals surface area contributed by atoms with Gasteiger partial charge in [0.25, 0.3) is 0 Å². The van der Waals surface area contributed by atoms with Gasteiger partial charge in [-0.25, -0.2) is 19.3 Å². The Balaban J connectivity index is 1.77. The standard InChI is InChI=1S/C26H28FN5S2/c1-5-16-33-32-19-13-9-12-18(21(19)27)22-23(34-24(31-22)26(2,3)4)20-14-15-28-25(30-20)29-17-10-7-6-8-11-17/h6-15,32H,5,16H2,1-4H3,(H,28,29,30). The highest BCUT2D eigenvalue weighted by atomic mass is 32.2. The minimum Gasteiger partial charge on any atom is -0.327 e. The molecule has 0 radical (unpaired) electrons. The summed E-state index contributed by atoms with van der Waals surface area (Å²) in [7, 11) is 0. The molecule has 0 saturated heterocycles. The first-order valence-electron chi connectivity index (χ1n) is 11.2. The third-order valence-corrected chi connectivity index (χ3v) is 7.41. The van der Waals surface area contributed by atoms with Crippen LogP contribution in [-0.2, 0) is 5.41 Å². The number of thiazole rings is 1. The molecule has 34 heavy (non-hydrogen) atoms. The Hall–Kier alpha value is -2.97. The summed E-state index contributed by atoms with van der Waals surface area (Å²) >= 11 is 3.04. The van der Waals surface area contributed by atoms with Gasteiger partial charge in [-0.2, -0.15) is 0 Å². The maximum absolute atomic E-state index is 15.6. The van der Waals surface area contributed by atoms with Crippen LogP contribution < -0.4 is 10.0 Å². The summed E-state index contributed by atoms with van der Waals surface area (Å²) in [5, 5.41) is 4.16. The Labute approximate surface area is 208 Å². The van der Waals surface area contributed by atoms with Crippen molar-refractivity contribution < 1.29 is 4.39 Å². The van der Waals surface area contributed by atoms with Crippen LogP contribution in [0.15, 0.2) is 60.8 Å². The smallest absolute Gasteiger partial charge is 0.227 e. The first-order valence-corrected chi connectivity index (χ1v) is 13.0. The lowest BCUT2D eigenvalue weighted by molar-refractivity contribution is 0.585. The van der Waals surface area contributed by atoms with Crippen LogP contribution in [0, 0.1) is 5.82 Å². The van der Waals surface area contributed by atoms with Crippen molar-refractivity contribution >= 4 is 40.6 Å². The number of hydrogen-bond donors (Lipinski definition) is 2. The lowest BCUT2D eigenvalue weighted by atomic mass is 9.98. The molecule has 0 bridgehead atoms. The first-order chi connectivity index (χ1) is 16.4. The molecule has 176 valence electrons. The fraction of sp³-hybridized carbons (Fsp3) is 0.269. The van der Waals surface area contributed by atoms with Crippen molar-refractivity contribution in [1.82, 2.24) is 15.0 Å². The minimum atomic E-state index is -0.310. The second-order valence-electron chi connectivity index (χ2n) is 8.82. The average Bonchev–Trinajstić information content (AvgIpc) is 3.27. The maximum atomic E-state index is 15.6. The van der Waals surface area contributed by atoms with Crippen molar-refractivity contribution in [1.29, 1.82) is 0 Å². The van der Waals surface area contributed by atoms with Crippen LogP contribution in [0.4, 0.5) is 21.7 Å². The zero-order valence-electron chi connectivity index (χ0n) is 19.7. The molecule has 0 aliphatic carbocycles. The Morgan fingerprint density at radius 3 is 2.53 bits per heavy atom. The minimum absolute atomic E-state index is 0.181. The van der Waals surface area contributed by atoms with Crippen molar-refractivity contribution in [2.75, 3.05) is 15.8 Å². The zero-order valence-corrected chi connectivity index (χ0v) is 21.4. The van der Waals surface area contributed by atoms with E-state index in [-0.39, 0.29) is 11.2 Å². The third kappa shape index (κ3) is 5.56. The molecule has 0 unspecified atom stereocenters. The fourth-order valence-corrected chi connectivity index (χ4v) is 4.94. The number of benzene rings is 2. The maximum Gasteiger partial charge on any atom is 0.227 e. The highest BCUT2D eigenvalue weighted by Gasteiger charge is 2.26. The molecule has 2 aromatic heterocycles. The molecule has 2 aromatic carbocycles. The Bertz CT molecular complexity index is 1250. The molecule has 5 nitrogen and oxygen atoms in total. The molecule has 0 saturated carbocycles. The van der Waals surface area contributed by atoms with Gasteiger partial charge in [-0.05, 0) is 36.8 Å². The van der Waals surface area contributed by atoms with Crippen LogP contribution in [0.1, 0.15) is 39.1 Å². The predicted octanol–water partition coefficient (Wildman–Crippen LogP) is 7.92. The van der Waals surface area contributed by atoms with Gasteiger partial charge in [0.15, 0.2) is 5.82 Å². The van der Waals surface area contributed by atoms with Gasteiger partial charge in [0, 0.05) is 28.6 Å². The van der Waals surface area contributed by atoms with Gasteiger partial charge in [-0.1, -0.05) is 63.9 Å². The van der Waals surface area contributed by atoms with Crippen molar-refractivity contribution in [2.24, 2.45) is 0 Å². The van der Waals surface area contributed by atoms with E-state index in [0.717, 1.165) is 27.7 Å². The summed E-state index contributed by atoms with van der Waals surface area (Å²) in [6.07, 6.45) is 2.72. The second kappa shape index (κ2) is 10.5. The normalized spacial score (nSPS) is 11.4. The molecule has 0 spiro atoms. The molecule has 0 amide bonds. The largest absolute Gasteiger partial charge is 0.327 e. The number of halogens is 1. The van der Waals surface area contributed by atoms with Gasteiger partial charge >= 0.3 is 0 Å². The number of anilines is 3. The van der Waals surface area contributed by atoms with E-state index in [4.69, 9.17) is 9.97 Å². The topological polar surface area (TPSA) is 62.7 Å². The summed E-state index contributed by atoms with van der Waals surface area (Å²) in [5.74, 6) is 1.07. The second-order valence-corrected chi connectivity index (χ2v) is 10.7. The quantitative estimate of drug-likeness (QED) is 0.192. The number of rotatable bonds is 8. The summed E-state index contributed by atoms with van der Waals surface area (Å²) in [6.45, 7) is 8.42. The molecule has 0 fully saturated rings. The van der Waals surface area contributed by atoms with E-state index in [1.807, 2.05) is 42.5 Å². The van der Waals surface area contributed by atoms with Crippen LogP contribution in [0.2, 0.25) is 0 Å². The van der Waals surface area contributed by atoms with Crippen molar-refractivity contribution in [3.8, 4) is 21.8 Å². The van der Waals surface area contributed by atoms with Crippen LogP contribution in [0.3, 0.4) is 0 Å². The highest BCUT2D eigenvalue weighted by Crippen LogP contribution is 2.42. The summed E-state index contributed by atoms with van der Waals surface area (Å²) in [5.41, 5.74) is 2.94. The number of aromatic nitrogens is 3. The van der Waals surface area contributed by atoms with E-state index < -0.39 is 0 Å². The number of nitrogens with zero attached hydrogens (tertiary/aromatic N) is 3. The molecule has 0 aliphatic heterocycles. The van der Waals surface area contributed by atoms with Gasteiger partial charge in [0.2, 0.25) is 5.95 Å². The Morgan fingerprint density at radius 1 is 1.00 bits per heavy atom. The van der Waals surface area contributed by atoms with Gasteiger partial charge in [-0.3, -0.25) is 0 Å².